The summed E-state index contributed by atoms with van der Waals surface area (Å²) in [7, 11) is 1.49. The van der Waals surface area contributed by atoms with Crippen LogP contribution in [0.1, 0.15) is 30.5 Å². The van der Waals surface area contributed by atoms with E-state index in [9.17, 15) is 9.90 Å². The van der Waals surface area contributed by atoms with Gasteiger partial charge >= 0.3 is 0 Å². The Kier molecular flexibility index (Phi) is 4.44. The first-order valence-electron chi connectivity index (χ1n) is 7.49. The predicted molar refractivity (Wildman–Crippen MR) is 92.5 cm³/mol. The summed E-state index contributed by atoms with van der Waals surface area (Å²) >= 11 is 5.94. The number of benzene rings is 2. The van der Waals surface area contributed by atoms with E-state index < -0.39 is 0 Å². The molecular formula is C18H17ClN2O3. The summed E-state index contributed by atoms with van der Waals surface area (Å²) in [6, 6.07) is 12.3. The van der Waals surface area contributed by atoms with Crippen LogP contribution in [0.2, 0.25) is 5.02 Å². The van der Waals surface area contributed by atoms with Gasteiger partial charge in [-0.05, 0) is 35.9 Å². The molecule has 0 spiro atoms. The van der Waals surface area contributed by atoms with Gasteiger partial charge in [0.15, 0.2) is 11.5 Å². The molecule has 0 fully saturated rings. The van der Waals surface area contributed by atoms with Gasteiger partial charge in [0.2, 0.25) is 5.91 Å². The number of ether oxygens (including phenoxy) is 1. The third-order valence-electron chi connectivity index (χ3n) is 4.00. The zero-order chi connectivity index (χ0) is 17.3. The third kappa shape index (κ3) is 3.08. The number of hydrazone groups is 1. The van der Waals surface area contributed by atoms with Crippen LogP contribution in [0.25, 0.3) is 0 Å². The molecule has 6 heteroatoms. The third-order valence-corrected chi connectivity index (χ3v) is 4.25. The number of methoxy groups -OCH3 is 1. The number of halogens is 1. The number of hydrogen-bond acceptors (Lipinski definition) is 4. The number of aromatic hydroxyl groups is 1. The zero-order valence-corrected chi connectivity index (χ0v) is 14.1. The molecule has 1 amide bonds. The summed E-state index contributed by atoms with van der Waals surface area (Å²) in [6.45, 7) is 1.49. The van der Waals surface area contributed by atoms with Gasteiger partial charge < -0.3 is 9.84 Å². The average Bonchev–Trinajstić information content (AvgIpc) is 3.01. The van der Waals surface area contributed by atoms with E-state index in [1.165, 1.54) is 19.0 Å². The second kappa shape index (κ2) is 6.53. The molecule has 5 nitrogen and oxygen atoms in total. The van der Waals surface area contributed by atoms with Crippen molar-refractivity contribution in [1.29, 1.82) is 0 Å². The lowest BCUT2D eigenvalue weighted by Gasteiger charge is -2.20. The molecule has 3 rings (SSSR count). The molecule has 0 unspecified atom stereocenters. The lowest BCUT2D eigenvalue weighted by atomic mass is 9.98. The number of carbonyl (C=O) groups excluding carboxylic acids is 1. The maximum atomic E-state index is 12.0. The lowest BCUT2D eigenvalue weighted by molar-refractivity contribution is -0.130. The molecule has 0 saturated carbocycles. The van der Waals surface area contributed by atoms with Crippen molar-refractivity contribution in [3.63, 3.8) is 0 Å². The van der Waals surface area contributed by atoms with Crippen LogP contribution in [0.15, 0.2) is 47.6 Å². The fourth-order valence-corrected chi connectivity index (χ4v) is 2.90. The fraction of sp³-hybridized carbons (Fsp3) is 0.222. The molecule has 124 valence electrons. The Morgan fingerprint density at radius 1 is 1.29 bits per heavy atom. The minimum Gasteiger partial charge on any atom is -0.504 e. The van der Waals surface area contributed by atoms with Gasteiger partial charge in [0.1, 0.15) is 0 Å². The predicted octanol–water partition coefficient (Wildman–Crippen LogP) is 3.75. The van der Waals surface area contributed by atoms with Gasteiger partial charge in [0.25, 0.3) is 0 Å². The van der Waals surface area contributed by atoms with Crippen LogP contribution in [-0.2, 0) is 4.79 Å². The van der Waals surface area contributed by atoms with Crippen molar-refractivity contribution >= 4 is 23.2 Å². The molecular weight excluding hydrogens is 328 g/mol. The van der Waals surface area contributed by atoms with Crippen molar-refractivity contribution in [2.45, 2.75) is 19.4 Å². The van der Waals surface area contributed by atoms with Crippen LogP contribution in [0, 0.1) is 0 Å². The smallest absolute Gasteiger partial charge is 0.240 e. The Morgan fingerprint density at radius 3 is 2.62 bits per heavy atom. The summed E-state index contributed by atoms with van der Waals surface area (Å²) < 4.78 is 5.14. The molecule has 1 aliphatic heterocycles. The quantitative estimate of drug-likeness (QED) is 0.922. The molecule has 0 saturated heterocycles. The Bertz CT molecular complexity index is 802. The van der Waals surface area contributed by atoms with Crippen LogP contribution in [-0.4, -0.2) is 28.8 Å². The molecule has 1 N–H and O–H groups in total. The molecule has 2 aromatic carbocycles. The number of nitrogens with zero attached hydrogens (tertiary/aromatic N) is 2. The van der Waals surface area contributed by atoms with E-state index in [0.29, 0.717) is 17.2 Å². The van der Waals surface area contributed by atoms with Crippen molar-refractivity contribution in [2.24, 2.45) is 5.10 Å². The van der Waals surface area contributed by atoms with Crippen molar-refractivity contribution in [3.8, 4) is 11.5 Å². The molecule has 0 bridgehead atoms. The molecule has 1 atom stereocenters. The molecule has 2 aromatic rings. The van der Waals surface area contributed by atoms with Crippen molar-refractivity contribution in [1.82, 2.24) is 5.01 Å². The van der Waals surface area contributed by atoms with Crippen molar-refractivity contribution in [2.75, 3.05) is 7.11 Å². The van der Waals surface area contributed by atoms with Crippen LogP contribution in [0.3, 0.4) is 0 Å². The number of rotatable bonds is 3. The Hall–Kier alpha value is -2.53. The van der Waals surface area contributed by atoms with Crippen LogP contribution in [0.4, 0.5) is 0 Å². The van der Waals surface area contributed by atoms with E-state index in [0.717, 1.165) is 16.8 Å². The summed E-state index contributed by atoms with van der Waals surface area (Å²) in [6.07, 6.45) is 0.579. The molecule has 0 aliphatic carbocycles. The number of carbonyl (C=O) groups is 1. The van der Waals surface area contributed by atoms with Crippen LogP contribution < -0.4 is 4.74 Å². The van der Waals surface area contributed by atoms with Gasteiger partial charge in [-0.15, -0.1) is 0 Å². The van der Waals surface area contributed by atoms with Gasteiger partial charge in [-0.25, -0.2) is 5.01 Å². The standard InChI is InChI=1S/C18H17ClN2O3/c1-11(22)21-16(12-3-6-14(19)7-4-12)10-15(20-21)13-5-8-17(23)18(9-13)24-2/h3-9,16,23H,10H2,1-2H3/t16-/m0/s1. The van der Waals surface area contributed by atoms with Crippen molar-refractivity contribution in [3.05, 3.63) is 58.6 Å². The molecule has 1 aliphatic rings. The van der Waals surface area contributed by atoms with Crippen LogP contribution >= 0.6 is 11.6 Å². The number of hydrogen-bond donors (Lipinski definition) is 1. The molecule has 1 heterocycles. The average molecular weight is 345 g/mol. The molecule has 0 radical (unpaired) electrons. The van der Waals surface area contributed by atoms with E-state index in [1.54, 1.807) is 30.3 Å². The highest BCUT2D eigenvalue weighted by atomic mass is 35.5. The second-order valence-corrected chi connectivity index (χ2v) is 6.00. The summed E-state index contributed by atoms with van der Waals surface area (Å²) in [4.78, 5) is 12.0. The number of phenols is 1. The Labute approximate surface area is 145 Å². The van der Waals surface area contributed by atoms with E-state index in [4.69, 9.17) is 16.3 Å². The van der Waals surface area contributed by atoms with Crippen molar-refractivity contribution < 1.29 is 14.6 Å². The summed E-state index contributed by atoms with van der Waals surface area (Å²) in [5.74, 6) is 0.313. The topological polar surface area (TPSA) is 62.1 Å². The lowest BCUT2D eigenvalue weighted by Crippen LogP contribution is -2.24. The van der Waals surface area contributed by atoms with Gasteiger partial charge in [-0.1, -0.05) is 23.7 Å². The van der Waals surface area contributed by atoms with Gasteiger partial charge in [0.05, 0.1) is 18.9 Å². The highest BCUT2D eigenvalue weighted by Crippen LogP contribution is 2.35. The maximum Gasteiger partial charge on any atom is 0.240 e. The monoisotopic (exact) mass is 344 g/mol. The summed E-state index contributed by atoms with van der Waals surface area (Å²) in [5, 5.41) is 16.3. The Morgan fingerprint density at radius 2 is 2.00 bits per heavy atom. The number of phenolic OH excluding ortho intramolecular Hbond substituents is 1. The maximum absolute atomic E-state index is 12.0. The highest BCUT2D eigenvalue weighted by molar-refractivity contribution is 6.30. The van der Waals surface area contributed by atoms with Gasteiger partial charge in [-0.2, -0.15) is 5.10 Å². The fourth-order valence-electron chi connectivity index (χ4n) is 2.78. The normalized spacial score (nSPS) is 16.9. The Balaban J connectivity index is 1.95. The van der Waals surface area contributed by atoms with Gasteiger partial charge in [-0.3, -0.25) is 4.79 Å². The molecule has 0 aromatic heterocycles. The van der Waals surface area contributed by atoms with Gasteiger partial charge in [0, 0.05) is 23.9 Å². The van der Waals surface area contributed by atoms with E-state index >= 15 is 0 Å². The first kappa shape index (κ1) is 16.3. The molecule has 24 heavy (non-hydrogen) atoms. The largest absolute Gasteiger partial charge is 0.504 e. The van der Waals surface area contributed by atoms with E-state index in [2.05, 4.69) is 5.10 Å². The highest BCUT2D eigenvalue weighted by Gasteiger charge is 2.31. The summed E-state index contributed by atoms with van der Waals surface area (Å²) in [5.41, 5.74) is 2.55. The van der Waals surface area contributed by atoms with E-state index in [-0.39, 0.29) is 17.7 Å². The SMILES string of the molecule is COc1cc(C2=NN(C(C)=O)[C@H](c3ccc(Cl)cc3)C2)ccc1O. The first-order valence-corrected chi connectivity index (χ1v) is 7.87. The zero-order valence-electron chi connectivity index (χ0n) is 13.4. The number of amides is 1. The second-order valence-electron chi connectivity index (χ2n) is 5.57. The minimum absolute atomic E-state index is 0.0672. The first-order chi connectivity index (χ1) is 11.5. The minimum atomic E-state index is -0.172. The van der Waals surface area contributed by atoms with E-state index in [1.807, 2.05) is 12.1 Å². The van der Waals surface area contributed by atoms with Crippen LogP contribution in [0.5, 0.6) is 11.5 Å².